The number of aromatic nitrogens is 3. The summed E-state index contributed by atoms with van der Waals surface area (Å²) in [5.74, 6) is 0.430. The van der Waals surface area contributed by atoms with E-state index in [0.717, 1.165) is 9.26 Å². The van der Waals surface area contributed by atoms with Crippen molar-refractivity contribution in [1.29, 1.82) is 0 Å². The second kappa shape index (κ2) is 3.33. The molecule has 0 saturated carbocycles. The molecule has 4 nitrogen and oxygen atoms in total. The number of hydrogen-bond donors (Lipinski definition) is 1. The summed E-state index contributed by atoms with van der Waals surface area (Å²) in [6.07, 6.45) is 1.69. The van der Waals surface area contributed by atoms with Crippen molar-refractivity contribution >= 4 is 28.4 Å². The summed E-state index contributed by atoms with van der Waals surface area (Å²) >= 11 is 2.25. The minimum absolute atomic E-state index is 0.430. The van der Waals surface area contributed by atoms with Crippen LogP contribution in [0.15, 0.2) is 30.5 Å². The SMILES string of the molecule is Nc1cn(-c2cccc(I)c2)nn1. The maximum Gasteiger partial charge on any atom is 0.166 e. The van der Waals surface area contributed by atoms with Gasteiger partial charge in [-0.05, 0) is 40.8 Å². The maximum atomic E-state index is 5.46. The van der Waals surface area contributed by atoms with E-state index in [0.29, 0.717) is 5.82 Å². The Balaban J connectivity index is 2.46. The molecule has 5 heteroatoms. The quantitative estimate of drug-likeness (QED) is 0.807. The van der Waals surface area contributed by atoms with Crippen LogP contribution in [-0.2, 0) is 0 Å². The van der Waals surface area contributed by atoms with Crippen LogP contribution in [0, 0.1) is 3.57 Å². The predicted molar refractivity (Wildman–Crippen MR) is 58.5 cm³/mol. The lowest BCUT2D eigenvalue weighted by Gasteiger charge is -1.98. The third-order valence-electron chi connectivity index (χ3n) is 1.58. The zero-order valence-electron chi connectivity index (χ0n) is 6.68. The minimum atomic E-state index is 0.430. The molecule has 1 aromatic heterocycles. The van der Waals surface area contributed by atoms with E-state index in [1.807, 2.05) is 24.3 Å². The van der Waals surface area contributed by atoms with Crippen LogP contribution in [0.4, 0.5) is 5.82 Å². The van der Waals surface area contributed by atoms with Crippen molar-refractivity contribution < 1.29 is 0 Å². The van der Waals surface area contributed by atoms with Crippen molar-refractivity contribution in [3.63, 3.8) is 0 Å². The van der Waals surface area contributed by atoms with Crippen LogP contribution in [0.25, 0.3) is 5.69 Å². The maximum absolute atomic E-state index is 5.46. The normalized spacial score (nSPS) is 10.2. The average Bonchev–Trinajstić information content (AvgIpc) is 2.52. The lowest BCUT2D eigenvalue weighted by molar-refractivity contribution is 0.803. The fraction of sp³-hybridized carbons (Fsp3) is 0. The molecule has 2 aromatic rings. The molecule has 0 unspecified atom stereocenters. The molecule has 13 heavy (non-hydrogen) atoms. The monoisotopic (exact) mass is 286 g/mol. The number of nitrogens with zero attached hydrogens (tertiary/aromatic N) is 3. The van der Waals surface area contributed by atoms with Gasteiger partial charge in [0.05, 0.1) is 11.9 Å². The van der Waals surface area contributed by atoms with Crippen molar-refractivity contribution in [3.05, 3.63) is 34.0 Å². The highest BCUT2D eigenvalue weighted by atomic mass is 127. The number of anilines is 1. The Kier molecular flexibility index (Phi) is 2.17. The largest absolute Gasteiger partial charge is 0.381 e. The van der Waals surface area contributed by atoms with Gasteiger partial charge < -0.3 is 5.73 Å². The molecule has 2 N–H and O–H groups in total. The first kappa shape index (κ1) is 8.49. The van der Waals surface area contributed by atoms with Gasteiger partial charge in [-0.25, -0.2) is 4.68 Å². The topological polar surface area (TPSA) is 56.7 Å². The first-order valence-corrected chi connectivity index (χ1v) is 4.77. The van der Waals surface area contributed by atoms with E-state index in [2.05, 4.69) is 32.9 Å². The fourth-order valence-corrected chi connectivity index (χ4v) is 1.55. The van der Waals surface area contributed by atoms with E-state index in [1.54, 1.807) is 10.9 Å². The van der Waals surface area contributed by atoms with Crippen molar-refractivity contribution in [1.82, 2.24) is 15.0 Å². The summed E-state index contributed by atoms with van der Waals surface area (Å²) in [5, 5.41) is 7.58. The number of benzene rings is 1. The molecule has 0 radical (unpaired) electrons. The Morgan fingerprint density at radius 2 is 2.23 bits per heavy atom. The molecule has 0 atom stereocenters. The summed E-state index contributed by atoms with van der Waals surface area (Å²) < 4.78 is 2.81. The number of nitrogen functional groups attached to an aromatic ring is 1. The molecule has 0 amide bonds. The van der Waals surface area contributed by atoms with Gasteiger partial charge in [0.15, 0.2) is 5.82 Å². The van der Waals surface area contributed by atoms with Crippen LogP contribution in [-0.4, -0.2) is 15.0 Å². The molecular weight excluding hydrogens is 279 g/mol. The summed E-state index contributed by atoms with van der Waals surface area (Å²) in [5.41, 5.74) is 6.43. The van der Waals surface area contributed by atoms with Crippen molar-refractivity contribution in [2.45, 2.75) is 0 Å². The highest BCUT2D eigenvalue weighted by Gasteiger charge is 1.99. The first-order valence-electron chi connectivity index (χ1n) is 3.69. The van der Waals surface area contributed by atoms with Crippen LogP contribution in [0.3, 0.4) is 0 Å². The van der Waals surface area contributed by atoms with Crippen molar-refractivity contribution in [3.8, 4) is 5.69 Å². The van der Waals surface area contributed by atoms with Gasteiger partial charge in [0.25, 0.3) is 0 Å². The number of halogens is 1. The Morgan fingerprint density at radius 3 is 2.85 bits per heavy atom. The van der Waals surface area contributed by atoms with E-state index in [4.69, 9.17) is 5.73 Å². The average molecular weight is 286 g/mol. The summed E-state index contributed by atoms with van der Waals surface area (Å²) in [4.78, 5) is 0. The third kappa shape index (κ3) is 1.80. The molecule has 0 saturated heterocycles. The van der Waals surface area contributed by atoms with Gasteiger partial charge in [-0.3, -0.25) is 0 Å². The number of hydrogen-bond acceptors (Lipinski definition) is 3. The first-order chi connectivity index (χ1) is 6.25. The van der Waals surface area contributed by atoms with Crippen LogP contribution < -0.4 is 5.73 Å². The minimum Gasteiger partial charge on any atom is -0.381 e. The zero-order valence-corrected chi connectivity index (χ0v) is 8.84. The second-order valence-corrected chi connectivity index (χ2v) is 3.81. The molecule has 66 valence electrons. The standard InChI is InChI=1S/C8H7IN4/c9-6-2-1-3-7(4-6)13-5-8(10)11-12-13/h1-5H,10H2. The van der Waals surface area contributed by atoms with Crippen LogP contribution >= 0.6 is 22.6 Å². The summed E-state index contributed by atoms with van der Waals surface area (Å²) in [7, 11) is 0. The summed E-state index contributed by atoms with van der Waals surface area (Å²) in [6, 6.07) is 7.95. The molecule has 0 bridgehead atoms. The molecular formula is C8H7IN4. The van der Waals surface area contributed by atoms with E-state index < -0.39 is 0 Å². The van der Waals surface area contributed by atoms with E-state index in [1.165, 1.54) is 0 Å². The molecule has 1 heterocycles. The lowest BCUT2D eigenvalue weighted by atomic mass is 10.3. The molecule has 0 aliphatic rings. The molecule has 0 fully saturated rings. The highest BCUT2D eigenvalue weighted by Crippen LogP contribution is 2.11. The van der Waals surface area contributed by atoms with Gasteiger partial charge in [0, 0.05) is 3.57 Å². The Hall–Kier alpha value is -1.11. The van der Waals surface area contributed by atoms with Gasteiger partial charge in [0.1, 0.15) is 0 Å². The molecule has 2 rings (SSSR count). The highest BCUT2D eigenvalue weighted by molar-refractivity contribution is 14.1. The van der Waals surface area contributed by atoms with Crippen LogP contribution in [0.5, 0.6) is 0 Å². The zero-order chi connectivity index (χ0) is 9.26. The van der Waals surface area contributed by atoms with Gasteiger partial charge in [-0.1, -0.05) is 11.3 Å². The van der Waals surface area contributed by atoms with E-state index in [-0.39, 0.29) is 0 Å². The van der Waals surface area contributed by atoms with Gasteiger partial charge in [0.2, 0.25) is 0 Å². The lowest BCUT2D eigenvalue weighted by Crippen LogP contribution is -1.94. The van der Waals surface area contributed by atoms with Crippen molar-refractivity contribution in [2.75, 3.05) is 5.73 Å². The second-order valence-electron chi connectivity index (χ2n) is 2.57. The smallest absolute Gasteiger partial charge is 0.166 e. The molecule has 0 aliphatic heterocycles. The summed E-state index contributed by atoms with van der Waals surface area (Å²) in [6.45, 7) is 0. The van der Waals surface area contributed by atoms with Crippen LogP contribution in [0.2, 0.25) is 0 Å². The third-order valence-corrected chi connectivity index (χ3v) is 2.25. The fourth-order valence-electron chi connectivity index (χ4n) is 1.02. The molecule has 1 aromatic carbocycles. The van der Waals surface area contributed by atoms with Gasteiger partial charge in [-0.2, -0.15) is 0 Å². The Morgan fingerprint density at radius 1 is 1.38 bits per heavy atom. The van der Waals surface area contributed by atoms with Crippen molar-refractivity contribution in [2.24, 2.45) is 0 Å². The van der Waals surface area contributed by atoms with Gasteiger partial charge >= 0.3 is 0 Å². The predicted octanol–water partition coefficient (Wildman–Crippen LogP) is 1.45. The van der Waals surface area contributed by atoms with Crippen LogP contribution in [0.1, 0.15) is 0 Å². The number of rotatable bonds is 1. The molecule has 0 aliphatic carbocycles. The number of nitrogens with two attached hydrogens (primary N) is 1. The Labute approximate surface area is 88.9 Å². The van der Waals surface area contributed by atoms with E-state index in [9.17, 15) is 0 Å². The molecule has 0 spiro atoms. The van der Waals surface area contributed by atoms with E-state index >= 15 is 0 Å². The van der Waals surface area contributed by atoms with Gasteiger partial charge in [-0.15, -0.1) is 5.10 Å². The Bertz CT molecular complexity index is 424.